The fourth-order valence-electron chi connectivity index (χ4n) is 2.84. The molecule has 0 bridgehead atoms. The van der Waals surface area contributed by atoms with Gasteiger partial charge in [-0.05, 0) is 34.1 Å². The van der Waals surface area contributed by atoms with Gasteiger partial charge in [-0.2, -0.15) is 0 Å². The zero-order valence-corrected chi connectivity index (χ0v) is 15.4. The molecule has 7 heteroatoms. The summed E-state index contributed by atoms with van der Waals surface area (Å²) in [7, 11) is 1.73. The van der Waals surface area contributed by atoms with E-state index in [2.05, 4.69) is 15.9 Å². The van der Waals surface area contributed by atoms with Crippen molar-refractivity contribution in [1.29, 1.82) is 0 Å². The van der Waals surface area contributed by atoms with Gasteiger partial charge < -0.3 is 9.80 Å². The van der Waals surface area contributed by atoms with Crippen LogP contribution in [0.3, 0.4) is 0 Å². The highest BCUT2D eigenvalue weighted by atomic mass is 79.9. The van der Waals surface area contributed by atoms with Crippen LogP contribution in [-0.2, 0) is 16.1 Å². The van der Waals surface area contributed by atoms with Gasteiger partial charge in [-0.3, -0.25) is 9.59 Å². The highest BCUT2D eigenvalue weighted by Gasteiger charge is 2.37. The summed E-state index contributed by atoms with van der Waals surface area (Å²) >= 11 is 4.96. The topological polar surface area (TPSA) is 40.6 Å². The third-order valence-electron chi connectivity index (χ3n) is 4.01. The summed E-state index contributed by atoms with van der Waals surface area (Å²) in [5.41, 5.74) is 0.239. The van der Waals surface area contributed by atoms with Gasteiger partial charge in [-0.25, -0.2) is 4.39 Å². The molecular weight excluding hydrogens is 395 g/mol. The lowest BCUT2D eigenvalue weighted by atomic mass is 10.1. The molecule has 1 aliphatic rings. The van der Waals surface area contributed by atoms with E-state index in [4.69, 9.17) is 0 Å². The molecule has 24 heavy (non-hydrogen) atoms. The number of anilines is 1. The van der Waals surface area contributed by atoms with E-state index in [-0.39, 0.29) is 30.5 Å². The second kappa shape index (κ2) is 7.03. The third kappa shape index (κ3) is 3.52. The lowest BCUT2D eigenvalue weighted by Gasteiger charge is -2.21. The second-order valence-electron chi connectivity index (χ2n) is 5.78. The number of hydrogen-bond donors (Lipinski definition) is 0. The molecule has 2 amide bonds. The maximum atomic E-state index is 13.9. The molecule has 1 saturated heterocycles. The van der Waals surface area contributed by atoms with Crippen LogP contribution in [-0.4, -0.2) is 30.3 Å². The Morgan fingerprint density at radius 3 is 2.88 bits per heavy atom. The van der Waals surface area contributed by atoms with Gasteiger partial charge >= 0.3 is 0 Å². The van der Waals surface area contributed by atoms with Crippen molar-refractivity contribution in [3.63, 3.8) is 0 Å². The molecule has 2 heterocycles. The van der Waals surface area contributed by atoms with E-state index >= 15 is 0 Å². The zero-order chi connectivity index (χ0) is 17.3. The summed E-state index contributed by atoms with van der Waals surface area (Å²) in [5.74, 6) is -1.20. The first-order valence-electron chi connectivity index (χ1n) is 7.48. The molecule has 0 radical (unpaired) electrons. The van der Waals surface area contributed by atoms with Crippen molar-refractivity contribution in [1.82, 2.24) is 4.90 Å². The van der Waals surface area contributed by atoms with Crippen LogP contribution >= 0.6 is 27.3 Å². The van der Waals surface area contributed by atoms with Gasteiger partial charge in [0.1, 0.15) is 5.82 Å². The Balaban J connectivity index is 1.68. The van der Waals surface area contributed by atoms with Crippen LogP contribution in [0.5, 0.6) is 0 Å². The number of nitrogens with zero attached hydrogens (tertiary/aromatic N) is 2. The molecule has 0 spiro atoms. The predicted octanol–water partition coefficient (Wildman–Crippen LogP) is 3.66. The van der Waals surface area contributed by atoms with Crippen LogP contribution in [0.1, 0.15) is 11.3 Å². The van der Waals surface area contributed by atoms with Crippen LogP contribution in [0.15, 0.2) is 40.2 Å². The Bertz CT molecular complexity index is 779. The standard InChI is InChI=1S/C17H16BrFN2O2S/c1-20(9-13-7-12(18)10-24-13)17(23)11-6-16(22)21(8-11)15-5-3-2-4-14(15)19/h2-5,7,10-11H,6,8-9H2,1H3. The average Bonchev–Trinajstić information content (AvgIpc) is 3.13. The summed E-state index contributed by atoms with van der Waals surface area (Å²) in [4.78, 5) is 28.9. The monoisotopic (exact) mass is 410 g/mol. The fourth-order valence-corrected chi connectivity index (χ4v) is 4.34. The van der Waals surface area contributed by atoms with Crippen LogP contribution in [0, 0.1) is 11.7 Å². The summed E-state index contributed by atoms with van der Waals surface area (Å²) in [5, 5.41) is 1.96. The summed E-state index contributed by atoms with van der Waals surface area (Å²) in [6.45, 7) is 0.719. The van der Waals surface area contributed by atoms with Gasteiger partial charge in [-0.1, -0.05) is 12.1 Å². The lowest BCUT2D eigenvalue weighted by molar-refractivity contribution is -0.135. The van der Waals surface area contributed by atoms with E-state index in [1.807, 2.05) is 11.4 Å². The van der Waals surface area contributed by atoms with Gasteiger partial charge in [0.05, 0.1) is 18.2 Å². The Morgan fingerprint density at radius 2 is 2.21 bits per heavy atom. The summed E-state index contributed by atoms with van der Waals surface area (Å²) < 4.78 is 14.9. The molecule has 4 nitrogen and oxygen atoms in total. The van der Waals surface area contributed by atoms with Crippen molar-refractivity contribution >= 4 is 44.8 Å². The number of rotatable bonds is 4. The van der Waals surface area contributed by atoms with Gasteiger partial charge in [-0.15, -0.1) is 11.3 Å². The molecule has 1 aromatic carbocycles. The van der Waals surface area contributed by atoms with Crippen LogP contribution < -0.4 is 4.90 Å². The van der Waals surface area contributed by atoms with Crippen molar-refractivity contribution in [3.05, 3.63) is 50.9 Å². The highest BCUT2D eigenvalue weighted by molar-refractivity contribution is 9.10. The normalized spacial score (nSPS) is 17.4. The molecule has 1 fully saturated rings. The third-order valence-corrected chi connectivity index (χ3v) is 5.69. The minimum Gasteiger partial charge on any atom is -0.340 e. The Labute approximate surface area is 152 Å². The SMILES string of the molecule is CN(Cc1cc(Br)cs1)C(=O)C1CC(=O)N(c2ccccc2F)C1. The maximum Gasteiger partial charge on any atom is 0.228 e. The largest absolute Gasteiger partial charge is 0.340 e. The Morgan fingerprint density at radius 1 is 1.46 bits per heavy atom. The van der Waals surface area contributed by atoms with Gasteiger partial charge in [0.25, 0.3) is 0 Å². The molecule has 0 N–H and O–H groups in total. The molecule has 1 unspecified atom stereocenters. The molecule has 0 saturated carbocycles. The molecule has 1 aliphatic heterocycles. The number of para-hydroxylation sites is 1. The van der Waals surface area contributed by atoms with E-state index in [1.165, 1.54) is 11.0 Å². The van der Waals surface area contributed by atoms with E-state index in [1.54, 1.807) is 41.5 Å². The molecule has 0 aliphatic carbocycles. The number of thiophene rings is 1. The lowest BCUT2D eigenvalue weighted by Crippen LogP contribution is -2.34. The predicted molar refractivity (Wildman–Crippen MR) is 95.4 cm³/mol. The van der Waals surface area contributed by atoms with Crippen LogP contribution in [0.2, 0.25) is 0 Å². The van der Waals surface area contributed by atoms with Gasteiger partial charge in [0.2, 0.25) is 11.8 Å². The van der Waals surface area contributed by atoms with E-state index in [0.29, 0.717) is 6.54 Å². The van der Waals surface area contributed by atoms with Crippen LogP contribution in [0.4, 0.5) is 10.1 Å². The van der Waals surface area contributed by atoms with Crippen molar-refractivity contribution in [2.75, 3.05) is 18.5 Å². The molecule has 2 aromatic rings. The number of benzene rings is 1. The first kappa shape index (κ1) is 17.1. The van der Waals surface area contributed by atoms with Crippen molar-refractivity contribution in [2.24, 2.45) is 5.92 Å². The minimum atomic E-state index is -0.448. The summed E-state index contributed by atoms with van der Waals surface area (Å²) in [6, 6.07) is 8.11. The molecular formula is C17H16BrFN2O2S. The Hall–Kier alpha value is -1.73. The first-order chi connectivity index (χ1) is 11.5. The minimum absolute atomic E-state index is 0.0910. The van der Waals surface area contributed by atoms with Crippen molar-refractivity contribution in [3.8, 4) is 0 Å². The number of carbonyl (C=O) groups is 2. The maximum absolute atomic E-state index is 13.9. The second-order valence-corrected chi connectivity index (χ2v) is 7.69. The van der Waals surface area contributed by atoms with Crippen molar-refractivity contribution < 1.29 is 14.0 Å². The average molecular weight is 411 g/mol. The number of carbonyl (C=O) groups excluding carboxylic acids is 2. The highest BCUT2D eigenvalue weighted by Crippen LogP contribution is 2.29. The number of amides is 2. The number of hydrogen-bond acceptors (Lipinski definition) is 3. The zero-order valence-electron chi connectivity index (χ0n) is 13.0. The Kier molecular flexibility index (Phi) is 5.01. The number of halogens is 2. The van der Waals surface area contributed by atoms with E-state index in [9.17, 15) is 14.0 Å². The quantitative estimate of drug-likeness (QED) is 0.771. The first-order valence-corrected chi connectivity index (χ1v) is 9.15. The van der Waals surface area contributed by atoms with E-state index < -0.39 is 11.7 Å². The molecule has 126 valence electrons. The smallest absolute Gasteiger partial charge is 0.228 e. The van der Waals surface area contributed by atoms with Gasteiger partial charge in [0.15, 0.2) is 0 Å². The van der Waals surface area contributed by atoms with Crippen molar-refractivity contribution in [2.45, 2.75) is 13.0 Å². The molecule has 1 aromatic heterocycles. The van der Waals surface area contributed by atoms with E-state index in [0.717, 1.165) is 9.35 Å². The van der Waals surface area contributed by atoms with Crippen LogP contribution in [0.25, 0.3) is 0 Å². The molecule has 1 atom stereocenters. The van der Waals surface area contributed by atoms with Gasteiger partial charge in [0, 0.05) is 34.7 Å². The molecule has 3 rings (SSSR count). The summed E-state index contributed by atoms with van der Waals surface area (Å²) in [6.07, 6.45) is 0.117. The fraction of sp³-hybridized carbons (Fsp3) is 0.294.